The number of methoxy groups -OCH3 is 2. The van der Waals surface area contributed by atoms with Crippen LogP contribution in [0, 0.1) is 0 Å². The van der Waals surface area contributed by atoms with E-state index in [9.17, 15) is 0 Å². The Morgan fingerprint density at radius 1 is 0.640 bits per heavy atom. The molecular weight excluding hydrogens is 350 g/mol. The quantitative estimate of drug-likeness (QED) is 0.574. The summed E-state index contributed by atoms with van der Waals surface area (Å²) in [6.45, 7) is 0. The fraction of sp³-hybridized carbons (Fsp3) is 0.100. The molecule has 0 unspecified atom stereocenters. The van der Waals surface area contributed by atoms with Crippen molar-refractivity contribution in [1.29, 1.82) is 0 Å². The lowest BCUT2D eigenvalue weighted by Crippen LogP contribution is -1.89. The molecule has 3 rings (SSSR count). The van der Waals surface area contributed by atoms with E-state index < -0.39 is 0 Å². The average Bonchev–Trinajstić information content (AvgIpc) is 2.65. The molecule has 0 radical (unpaired) electrons. The zero-order chi connectivity index (χ0) is 17.6. The van der Waals surface area contributed by atoms with Gasteiger partial charge in [-0.05, 0) is 66.7 Å². The molecule has 3 nitrogen and oxygen atoms in total. The highest BCUT2D eigenvalue weighted by atomic mass is 32.2. The number of anilines is 1. The van der Waals surface area contributed by atoms with E-state index in [4.69, 9.17) is 15.2 Å². The second-order valence-corrected chi connectivity index (χ2v) is 7.52. The summed E-state index contributed by atoms with van der Waals surface area (Å²) in [7, 11) is 3.33. The lowest BCUT2D eigenvalue weighted by molar-refractivity contribution is 0.414. The van der Waals surface area contributed by atoms with E-state index in [0.29, 0.717) is 0 Å². The summed E-state index contributed by atoms with van der Waals surface area (Å²) in [5, 5.41) is 0. The van der Waals surface area contributed by atoms with Gasteiger partial charge in [0.1, 0.15) is 11.5 Å². The largest absolute Gasteiger partial charge is 0.497 e. The van der Waals surface area contributed by atoms with Crippen LogP contribution >= 0.6 is 23.5 Å². The Kier molecular flexibility index (Phi) is 5.79. The van der Waals surface area contributed by atoms with Crippen LogP contribution in [0.5, 0.6) is 11.5 Å². The molecule has 0 amide bonds. The molecule has 3 aromatic rings. The van der Waals surface area contributed by atoms with E-state index in [2.05, 4.69) is 12.1 Å². The topological polar surface area (TPSA) is 44.5 Å². The third-order valence-electron chi connectivity index (χ3n) is 3.56. The van der Waals surface area contributed by atoms with Gasteiger partial charge < -0.3 is 15.2 Å². The van der Waals surface area contributed by atoms with Crippen molar-refractivity contribution < 1.29 is 9.47 Å². The van der Waals surface area contributed by atoms with Crippen molar-refractivity contribution in [1.82, 2.24) is 0 Å². The number of benzene rings is 3. The SMILES string of the molecule is COc1ccc(Sc2ccc(Sc3ccc(OC)cc3)c(N)c2)cc1. The molecule has 0 fully saturated rings. The molecule has 128 valence electrons. The number of ether oxygens (including phenoxy) is 2. The first kappa shape index (κ1) is 17.6. The van der Waals surface area contributed by atoms with Crippen molar-refractivity contribution in [3.63, 3.8) is 0 Å². The molecule has 0 saturated heterocycles. The third-order valence-corrected chi connectivity index (χ3v) is 5.66. The standard InChI is InChI=1S/C20H19NO2S2/c1-22-14-3-7-16(8-4-14)24-18-11-12-20(19(21)13-18)25-17-9-5-15(23-2)6-10-17/h3-13H,21H2,1-2H3. The lowest BCUT2D eigenvalue weighted by Gasteiger charge is -2.09. The van der Waals surface area contributed by atoms with Crippen molar-refractivity contribution in [3.05, 3.63) is 66.7 Å². The number of hydrogen-bond donors (Lipinski definition) is 1. The zero-order valence-electron chi connectivity index (χ0n) is 14.1. The summed E-state index contributed by atoms with van der Waals surface area (Å²) < 4.78 is 10.4. The summed E-state index contributed by atoms with van der Waals surface area (Å²) in [5.74, 6) is 1.71. The molecule has 3 aromatic carbocycles. The molecule has 0 aliphatic carbocycles. The van der Waals surface area contributed by atoms with Crippen LogP contribution in [0.3, 0.4) is 0 Å². The van der Waals surface area contributed by atoms with Crippen LogP contribution in [-0.2, 0) is 0 Å². The van der Waals surface area contributed by atoms with E-state index in [1.54, 1.807) is 37.7 Å². The molecule has 0 heterocycles. The maximum atomic E-state index is 6.25. The minimum absolute atomic E-state index is 0.777. The maximum Gasteiger partial charge on any atom is 0.118 e. The number of rotatable bonds is 6. The van der Waals surface area contributed by atoms with Crippen molar-refractivity contribution in [2.24, 2.45) is 0 Å². The molecular formula is C20H19NO2S2. The minimum Gasteiger partial charge on any atom is -0.497 e. The van der Waals surface area contributed by atoms with Crippen molar-refractivity contribution in [3.8, 4) is 11.5 Å². The van der Waals surface area contributed by atoms with E-state index in [1.165, 1.54) is 0 Å². The Morgan fingerprint density at radius 2 is 1.12 bits per heavy atom. The molecule has 0 atom stereocenters. The molecule has 2 N–H and O–H groups in total. The Labute approximate surface area is 156 Å². The van der Waals surface area contributed by atoms with E-state index in [-0.39, 0.29) is 0 Å². The monoisotopic (exact) mass is 369 g/mol. The molecule has 0 aliphatic heterocycles. The zero-order valence-corrected chi connectivity index (χ0v) is 15.7. The van der Waals surface area contributed by atoms with Gasteiger partial charge in [-0.25, -0.2) is 0 Å². The van der Waals surface area contributed by atoms with E-state index in [1.807, 2.05) is 54.6 Å². The van der Waals surface area contributed by atoms with Crippen LogP contribution in [0.2, 0.25) is 0 Å². The first-order valence-corrected chi connectivity index (χ1v) is 9.34. The maximum absolute atomic E-state index is 6.25. The van der Waals surface area contributed by atoms with Gasteiger partial charge in [0.05, 0.1) is 14.2 Å². The predicted molar refractivity (Wildman–Crippen MR) is 105 cm³/mol. The fourth-order valence-electron chi connectivity index (χ4n) is 2.23. The van der Waals surface area contributed by atoms with Gasteiger partial charge in [0.2, 0.25) is 0 Å². The number of hydrogen-bond acceptors (Lipinski definition) is 5. The number of nitrogens with two attached hydrogens (primary N) is 1. The molecule has 5 heteroatoms. The minimum atomic E-state index is 0.777. The first-order chi connectivity index (χ1) is 12.2. The predicted octanol–water partition coefficient (Wildman–Crippen LogP) is 5.59. The van der Waals surface area contributed by atoms with E-state index in [0.717, 1.165) is 36.8 Å². The Hall–Kier alpha value is -2.24. The lowest BCUT2D eigenvalue weighted by atomic mass is 10.3. The fourth-order valence-corrected chi connectivity index (χ4v) is 3.94. The Morgan fingerprint density at radius 3 is 1.60 bits per heavy atom. The molecule has 25 heavy (non-hydrogen) atoms. The molecule has 0 aliphatic rings. The smallest absolute Gasteiger partial charge is 0.118 e. The van der Waals surface area contributed by atoms with Crippen LogP contribution in [0.4, 0.5) is 5.69 Å². The Bertz CT molecular complexity index is 833. The molecule has 0 bridgehead atoms. The second kappa shape index (κ2) is 8.23. The van der Waals surface area contributed by atoms with Gasteiger partial charge >= 0.3 is 0 Å². The normalized spacial score (nSPS) is 10.5. The van der Waals surface area contributed by atoms with Crippen LogP contribution in [0.15, 0.2) is 86.3 Å². The van der Waals surface area contributed by atoms with Crippen molar-refractivity contribution in [2.75, 3.05) is 20.0 Å². The summed E-state index contributed by atoms with van der Waals surface area (Å²) in [6, 6.07) is 22.1. The van der Waals surface area contributed by atoms with Gasteiger partial charge in [0.15, 0.2) is 0 Å². The summed E-state index contributed by atoms with van der Waals surface area (Å²) in [4.78, 5) is 4.44. The van der Waals surface area contributed by atoms with Gasteiger partial charge in [-0.1, -0.05) is 23.5 Å². The van der Waals surface area contributed by atoms with Gasteiger partial charge in [0.25, 0.3) is 0 Å². The van der Waals surface area contributed by atoms with Crippen molar-refractivity contribution in [2.45, 2.75) is 19.6 Å². The van der Waals surface area contributed by atoms with Gasteiger partial charge in [0, 0.05) is 25.3 Å². The van der Waals surface area contributed by atoms with Crippen LogP contribution in [0.1, 0.15) is 0 Å². The van der Waals surface area contributed by atoms with Gasteiger partial charge in [-0.2, -0.15) is 0 Å². The molecule has 0 aromatic heterocycles. The highest BCUT2D eigenvalue weighted by molar-refractivity contribution is 8.00. The first-order valence-electron chi connectivity index (χ1n) is 7.71. The van der Waals surface area contributed by atoms with Crippen LogP contribution in [0.25, 0.3) is 0 Å². The van der Waals surface area contributed by atoms with Crippen LogP contribution < -0.4 is 15.2 Å². The van der Waals surface area contributed by atoms with E-state index >= 15 is 0 Å². The van der Waals surface area contributed by atoms with Crippen molar-refractivity contribution >= 4 is 29.2 Å². The molecule has 0 spiro atoms. The Balaban J connectivity index is 1.70. The summed E-state index contributed by atoms with van der Waals surface area (Å²) in [6.07, 6.45) is 0. The highest BCUT2D eigenvalue weighted by Gasteiger charge is 2.05. The summed E-state index contributed by atoms with van der Waals surface area (Å²) in [5.41, 5.74) is 7.02. The van der Waals surface area contributed by atoms with Crippen LogP contribution in [-0.4, -0.2) is 14.2 Å². The summed E-state index contributed by atoms with van der Waals surface area (Å²) >= 11 is 3.33. The highest BCUT2D eigenvalue weighted by Crippen LogP contribution is 2.37. The van der Waals surface area contributed by atoms with Gasteiger partial charge in [-0.3, -0.25) is 0 Å². The third kappa shape index (κ3) is 4.65. The second-order valence-electron chi connectivity index (χ2n) is 5.25. The molecule has 0 saturated carbocycles. The number of nitrogen functional groups attached to an aromatic ring is 1. The van der Waals surface area contributed by atoms with Gasteiger partial charge in [-0.15, -0.1) is 0 Å². The average molecular weight is 370 g/mol.